The molecule has 0 heterocycles. The van der Waals surface area contributed by atoms with Crippen LogP contribution in [0.1, 0.15) is 25.0 Å². The minimum absolute atomic E-state index is 0.0958. The van der Waals surface area contributed by atoms with Crippen LogP contribution < -0.4 is 0 Å². The molecular formula is C12H15Cl2NO3Si. The van der Waals surface area contributed by atoms with Gasteiger partial charge in [-0.25, -0.2) is 0 Å². The molecule has 104 valence electrons. The Morgan fingerprint density at radius 3 is 2.74 bits per heavy atom. The fourth-order valence-corrected chi connectivity index (χ4v) is 2.85. The van der Waals surface area contributed by atoms with E-state index in [0.717, 1.165) is 12.5 Å². The molecule has 0 saturated carbocycles. The summed E-state index contributed by atoms with van der Waals surface area (Å²) in [6.07, 6.45) is 0.548. The monoisotopic (exact) mass is 319 g/mol. The second kappa shape index (κ2) is 8.53. The Morgan fingerprint density at radius 2 is 2.11 bits per heavy atom. The van der Waals surface area contributed by atoms with Crippen LogP contribution in [-0.4, -0.2) is 25.5 Å². The second-order valence-electron chi connectivity index (χ2n) is 3.94. The van der Waals surface area contributed by atoms with Gasteiger partial charge in [0.1, 0.15) is 0 Å². The number of nitro benzene ring substituents is 1. The van der Waals surface area contributed by atoms with Crippen LogP contribution in [0.25, 0.3) is 0 Å². The van der Waals surface area contributed by atoms with E-state index in [9.17, 15) is 10.1 Å². The number of hydrogen-bond acceptors (Lipinski definition) is 3. The van der Waals surface area contributed by atoms with E-state index < -0.39 is 0 Å². The SMILES string of the molecule is CC(OCCC[Si]C(Cl)Cl)c1ccccc1[N+](=O)[O-]. The summed E-state index contributed by atoms with van der Waals surface area (Å²) in [5.74, 6) is 0. The van der Waals surface area contributed by atoms with Gasteiger partial charge in [-0.3, -0.25) is 10.1 Å². The summed E-state index contributed by atoms with van der Waals surface area (Å²) in [6, 6.07) is 7.53. The summed E-state index contributed by atoms with van der Waals surface area (Å²) < 4.78 is 5.30. The van der Waals surface area contributed by atoms with Gasteiger partial charge in [0.2, 0.25) is 0 Å². The highest BCUT2D eigenvalue weighted by atomic mass is 35.5. The van der Waals surface area contributed by atoms with Crippen LogP contribution in [0.15, 0.2) is 24.3 Å². The first-order valence-electron chi connectivity index (χ1n) is 5.89. The van der Waals surface area contributed by atoms with Crippen molar-refractivity contribution in [3.05, 3.63) is 39.9 Å². The van der Waals surface area contributed by atoms with E-state index in [1.54, 1.807) is 18.2 Å². The van der Waals surface area contributed by atoms with E-state index in [2.05, 4.69) is 0 Å². The number of para-hydroxylation sites is 1. The van der Waals surface area contributed by atoms with Gasteiger partial charge in [0, 0.05) is 12.7 Å². The van der Waals surface area contributed by atoms with Crippen LogP contribution >= 0.6 is 23.2 Å². The zero-order valence-corrected chi connectivity index (χ0v) is 13.0. The third-order valence-electron chi connectivity index (χ3n) is 2.56. The fraction of sp³-hybridized carbons (Fsp3) is 0.500. The Balaban J connectivity index is 2.45. The number of benzene rings is 1. The van der Waals surface area contributed by atoms with E-state index in [1.165, 1.54) is 6.07 Å². The van der Waals surface area contributed by atoms with Gasteiger partial charge in [-0.1, -0.05) is 18.2 Å². The molecule has 0 amide bonds. The van der Waals surface area contributed by atoms with E-state index in [4.69, 9.17) is 27.9 Å². The van der Waals surface area contributed by atoms with Crippen molar-refractivity contribution in [3.8, 4) is 0 Å². The molecule has 0 aromatic heterocycles. The fourth-order valence-electron chi connectivity index (χ4n) is 1.63. The van der Waals surface area contributed by atoms with Crippen molar-refractivity contribution in [1.82, 2.24) is 0 Å². The summed E-state index contributed by atoms with van der Waals surface area (Å²) in [6.45, 7) is 2.36. The van der Waals surface area contributed by atoms with E-state index >= 15 is 0 Å². The van der Waals surface area contributed by atoms with Crippen LogP contribution in [0.3, 0.4) is 0 Å². The normalized spacial score (nSPS) is 12.6. The molecule has 19 heavy (non-hydrogen) atoms. The maximum Gasteiger partial charge on any atom is 0.275 e. The summed E-state index contributed by atoms with van der Waals surface area (Å²) in [7, 11) is 0.495. The van der Waals surface area contributed by atoms with Crippen LogP contribution in [0.4, 0.5) is 5.69 Å². The predicted octanol–water partition coefficient (Wildman–Crippen LogP) is 3.95. The number of ether oxygens (including phenoxy) is 1. The van der Waals surface area contributed by atoms with E-state index in [-0.39, 0.29) is 21.2 Å². The Kier molecular flexibility index (Phi) is 7.38. The number of hydrogen-bond donors (Lipinski definition) is 0. The molecule has 0 aliphatic rings. The summed E-state index contributed by atoms with van der Waals surface area (Å²) in [5, 5.41) is 10.9. The molecule has 0 aliphatic heterocycles. The number of nitrogens with zero attached hydrogens (tertiary/aromatic N) is 1. The number of rotatable bonds is 8. The van der Waals surface area contributed by atoms with Gasteiger partial charge in [0.05, 0.1) is 30.6 Å². The van der Waals surface area contributed by atoms with Gasteiger partial charge in [0.25, 0.3) is 5.69 Å². The first-order chi connectivity index (χ1) is 9.02. The Morgan fingerprint density at radius 1 is 1.42 bits per heavy atom. The van der Waals surface area contributed by atoms with Crippen molar-refractivity contribution in [2.24, 2.45) is 0 Å². The van der Waals surface area contributed by atoms with Gasteiger partial charge in [-0.15, -0.1) is 23.2 Å². The summed E-state index contributed by atoms with van der Waals surface area (Å²) >= 11 is 11.3. The van der Waals surface area contributed by atoms with Gasteiger partial charge in [-0.2, -0.15) is 0 Å². The van der Waals surface area contributed by atoms with Gasteiger partial charge in [-0.05, 0) is 19.4 Å². The van der Waals surface area contributed by atoms with Crippen molar-refractivity contribution in [3.63, 3.8) is 0 Å². The minimum atomic E-state index is -0.387. The second-order valence-corrected chi connectivity index (χ2v) is 7.25. The molecule has 1 rings (SSSR count). The largest absolute Gasteiger partial charge is 0.374 e. The lowest BCUT2D eigenvalue weighted by molar-refractivity contribution is -0.386. The molecule has 0 saturated heterocycles. The topological polar surface area (TPSA) is 52.4 Å². The number of halogens is 2. The molecule has 0 bridgehead atoms. The smallest absolute Gasteiger partial charge is 0.275 e. The molecule has 4 nitrogen and oxygen atoms in total. The average Bonchev–Trinajstić information content (AvgIpc) is 2.37. The third kappa shape index (κ3) is 5.91. The Bertz CT molecular complexity index is 418. The Hall–Kier alpha value is -0.623. The molecule has 7 heteroatoms. The molecular weight excluding hydrogens is 305 g/mol. The zero-order chi connectivity index (χ0) is 14.3. The molecule has 0 fully saturated rings. The van der Waals surface area contributed by atoms with Crippen LogP contribution in [0.2, 0.25) is 6.04 Å². The van der Waals surface area contributed by atoms with E-state index in [1.807, 2.05) is 6.92 Å². The Labute approximate surface area is 125 Å². The lowest BCUT2D eigenvalue weighted by Gasteiger charge is -2.13. The van der Waals surface area contributed by atoms with Crippen molar-refractivity contribution in [1.29, 1.82) is 0 Å². The third-order valence-corrected chi connectivity index (χ3v) is 4.44. The summed E-state index contributed by atoms with van der Waals surface area (Å²) in [4.78, 5) is 10.5. The summed E-state index contributed by atoms with van der Waals surface area (Å²) in [5.41, 5.74) is 0.695. The molecule has 0 N–H and O–H groups in total. The zero-order valence-electron chi connectivity index (χ0n) is 10.5. The molecule has 2 radical (unpaired) electrons. The first kappa shape index (κ1) is 16.4. The van der Waals surface area contributed by atoms with Gasteiger partial charge in [0.15, 0.2) is 0 Å². The number of alkyl halides is 2. The maximum absolute atomic E-state index is 10.9. The molecule has 1 aromatic rings. The lowest BCUT2D eigenvalue weighted by Crippen LogP contribution is -2.07. The molecule has 0 aliphatic carbocycles. The number of nitro groups is 1. The average molecular weight is 320 g/mol. The van der Waals surface area contributed by atoms with E-state index in [0.29, 0.717) is 21.7 Å². The standard InChI is InChI=1S/C12H15Cl2NO3Si/c1-9(18-7-4-8-19-12(13)14)10-5-2-3-6-11(10)15(16)17/h2-3,5-6,9,12H,4,7-8H2,1H3. The molecule has 1 aromatic carbocycles. The van der Waals surface area contributed by atoms with Gasteiger partial charge < -0.3 is 4.74 Å². The van der Waals surface area contributed by atoms with Crippen molar-refractivity contribution < 1.29 is 9.66 Å². The lowest BCUT2D eigenvalue weighted by atomic mass is 10.1. The molecule has 1 unspecified atom stereocenters. The van der Waals surface area contributed by atoms with Crippen LogP contribution in [0, 0.1) is 10.1 Å². The predicted molar refractivity (Wildman–Crippen MR) is 78.1 cm³/mol. The van der Waals surface area contributed by atoms with Crippen LogP contribution in [-0.2, 0) is 4.74 Å². The highest BCUT2D eigenvalue weighted by Gasteiger charge is 2.18. The quantitative estimate of drug-likeness (QED) is 0.240. The first-order valence-corrected chi connectivity index (χ1v) is 8.04. The van der Waals surface area contributed by atoms with Crippen molar-refractivity contribution in [2.45, 2.75) is 30.0 Å². The molecule has 1 atom stereocenters. The van der Waals surface area contributed by atoms with Gasteiger partial charge >= 0.3 is 0 Å². The van der Waals surface area contributed by atoms with Crippen molar-refractivity contribution >= 4 is 38.4 Å². The maximum atomic E-state index is 10.9. The highest BCUT2D eigenvalue weighted by Crippen LogP contribution is 2.26. The minimum Gasteiger partial charge on any atom is -0.374 e. The van der Waals surface area contributed by atoms with Crippen molar-refractivity contribution in [2.75, 3.05) is 6.61 Å². The highest BCUT2D eigenvalue weighted by molar-refractivity contribution is 6.68. The van der Waals surface area contributed by atoms with Crippen LogP contribution in [0.5, 0.6) is 0 Å². The molecule has 0 spiro atoms.